The number of carbonyl (C=O) groups is 5. The van der Waals surface area contributed by atoms with Gasteiger partial charge in [0.05, 0.1) is 6.54 Å². The molecule has 0 bridgehead atoms. The minimum Gasteiger partial charge on any atom is -0.443 e. The van der Waals surface area contributed by atoms with E-state index in [1.807, 2.05) is 6.07 Å². The van der Waals surface area contributed by atoms with Crippen LogP contribution in [-0.4, -0.2) is 72.2 Å². The molecule has 1 aromatic rings. The van der Waals surface area contributed by atoms with E-state index in [1.165, 1.54) is 4.90 Å². The lowest BCUT2D eigenvalue weighted by molar-refractivity contribution is -0.129. The van der Waals surface area contributed by atoms with Crippen molar-refractivity contribution in [3.05, 3.63) is 35.9 Å². The highest BCUT2D eigenvalue weighted by molar-refractivity contribution is 5.87. The van der Waals surface area contributed by atoms with E-state index < -0.39 is 35.7 Å². The fourth-order valence-corrected chi connectivity index (χ4v) is 2.49. The van der Waals surface area contributed by atoms with E-state index >= 15 is 0 Å². The topological polar surface area (TPSA) is 175 Å². The summed E-state index contributed by atoms with van der Waals surface area (Å²) in [6, 6.07) is 6.01. The number of benzene rings is 1. The molecule has 0 aliphatic carbocycles. The first-order valence-electron chi connectivity index (χ1n) is 10.5. The maximum Gasteiger partial charge on any atom is 0.426 e. The standard InChI is InChI=1S/C21H33N7O6/c1-21(2,3)34-20(33)26-28(12-11-16(29)27(4)5)19(32)25-24-18(31)23-15(17(22)30)13-14-9-7-6-8-10-14/h6-10,15H,11-13H2,1-5H3,(H2,22,30)(H,25,32)(H,26,33)(H2,23,24,31)/t15-/m0/s1. The summed E-state index contributed by atoms with van der Waals surface area (Å²) in [5.41, 5.74) is 11.7. The van der Waals surface area contributed by atoms with Gasteiger partial charge in [0.2, 0.25) is 11.8 Å². The Morgan fingerprint density at radius 1 is 1.03 bits per heavy atom. The minimum atomic E-state index is -1.03. The molecule has 1 rings (SSSR count). The third-order valence-electron chi connectivity index (χ3n) is 4.13. The summed E-state index contributed by atoms with van der Waals surface area (Å²) >= 11 is 0. The summed E-state index contributed by atoms with van der Waals surface area (Å²) < 4.78 is 5.12. The first kappa shape index (κ1) is 28.0. The van der Waals surface area contributed by atoms with Crippen molar-refractivity contribution in [1.29, 1.82) is 0 Å². The SMILES string of the molecule is CN(C)C(=O)CCN(NC(=O)OC(C)(C)C)C(=O)NNC(=O)N[C@@H](Cc1ccccc1)C(N)=O. The van der Waals surface area contributed by atoms with Crippen LogP contribution in [0.4, 0.5) is 14.4 Å². The molecule has 34 heavy (non-hydrogen) atoms. The second kappa shape index (κ2) is 12.9. The molecule has 188 valence electrons. The number of urea groups is 2. The van der Waals surface area contributed by atoms with Crippen LogP contribution in [0.2, 0.25) is 0 Å². The van der Waals surface area contributed by atoms with E-state index in [-0.39, 0.29) is 25.3 Å². The lowest BCUT2D eigenvalue weighted by atomic mass is 10.1. The largest absolute Gasteiger partial charge is 0.443 e. The summed E-state index contributed by atoms with van der Waals surface area (Å²) in [4.78, 5) is 61.7. The van der Waals surface area contributed by atoms with Gasteiger partial charge in [-0.1, -0.05) is 30.3 Å². The molecule has 0 fully saturated rings. The van der Waals surface area contributed by atoms with Gasteiger partial charge in [-0.25, -0.2) is 35.7 Å². The molecule has 0 unspecified atom stereocenters. The monoisotopic (exact) mass is 479 g/mol. The fraction of sp³-hybridized carbons (Fsp3) is 0.476. The van der Waals surface area contributed by atoms with Crippen molar-refractivity contribution in [2.24, 2.45) is 5.73 Å². The number of amides is 7. The summed E-state index contributed by atoms with van der Waals surface area (Å²) in [6.45, 7) is 4.72. The van der Waals surface area contributed by atoms with Crippen molar-refractivity contribution in [2.45, 2.75) is 45.3 Å². The summed E-state index contributed by atoms with van der Waals surface area (Å²) in [6.07, 6.45) is -0.888. The fourth-order valence-electron chi connectivity index (χ4n) is 2.49. The first-order valence-corrected chi connectivity index (χ1v) is 10.5. The predicted molar refractivity (Wildman–Crippen MR) is 123 cm³/mol. The Morgan fingerprint density at radius 3 is 2.18 bits per heavy atom. The molecule has 6 N–H and O–H groups in total. The Labute approximate surface area is 198 Å². The Bertz CT molecular complexity index is 870. The Hall–Kier alpha value is -4.03. The molecule has 0 saturated carbocycles. The molecule has 13 nitrogen and oxygen atoms in total. The zero-order valence-corrected chi connectivity index (χ0v) is 20.0. The molecule has 0 spiro atoms. The molecule has 0 aliphatic heterocycles. The van der Waals surface area contributed by atoms with Gasteiger partial charge in [-0.05, 0) is 26.3 Å². The molecule has 0 radical (unpaired) electrons. The van der Waals surface area contributed by atoms with Gasteiger partial charge in [0, 0.05) is 26.9 Å². The highest BCUT2D eigenvalue weighted by atomic mass is 16.6. The Balaban J connectivity index is 2.73. The van der Waals surface area contributed by atoms with E-state index in [4.69, 9.17) is 10.5 Å². The van der Waals surface area contributed by atoms with E-state index in [0.717, 1.165) is 10.6 Å². The van der Waals surface area contributed by atoms with Gasteiger partial charge in [-0.2, -0.15) is 0 Å². The van der Waals surface area contributed by atoms with Crippen LogP contribution in [0.1, 0.15) is 32.8 Å². The maximum absolute atomic E-state index is 12.5. The van der Waals surface area contributed by atoms with E-state index in [2.05, 4.69) is 21.6 Å². The lowest BCUT2D eigenvalue weighted by Crippen LogP contribution is -2.59. The second-order valence-electron chi connectivity index (χ2n) is 8.48. The van der Waals surface area contributed by atoms with Gasteiger partial charge in [0.25, 0.3) is 0 Å². The average molecular weight is 480 g/mol. The predicted octanol–water partition coefficient (Wildman–Crippen LogP) is 0.227. The van der Waals surface area contributed by atoms with Crippen LogP contribution >= 0.6 is 0 Å². The van der Waals surface area contributed by atoms with E-state index in [9.17, 15) is 24.0 Å². The van der Waals surface area contributed by atoms with Crippen molar-refractivity contribution >= 4 is 30.0 Å². The number of ether oxygens (including phenoxy) is 1. The van der Waals surface area contributed by atoms with Gasteiger partial charge < -0.3 is 20.7 Å². The molecule has 1 atom stereocenters. The van der Waals surface area contributed by atoms with E-state index in [1.54, 1.807) is 59.1 Å². The van der Waals surface area contributed by atoms with Crippen LogP contribution in [0.5, 0.6) is 0 Å². The van der Waals surface area contributed by atoms with E-state index in [0.29, 0.717) is 0 Å². The van der Waals surface area contributed by atoms with Crippen LogP contribution in [0, 0.1) is 0 Å². The molecule has 0 aliphatic rings. The van der Waals surface area contributed by atoms with Crippen LogP contribution in [0.15, 0.2) is 30.3 Å². The molecule has 7 amide bonds. The normalized spacial score (nSPS) is 11.4. The maximum atomic E-state index is 12.5. The number of nitrogens with zero attached hydrogens (tertiary/aromatic N) is 2. The average Bonchev–Trinajstić information content (AvgIpc) is 2.73. The highest BCUT2D eigenvalue weighted by Gasteiger charge is 2.24. The molecular weight excluding hydrogens is 446 g/mol. The van der Waals surface area contributed by atoms with Crippen molar-refractivity contribution in [2.75, 3.05) is 20.6 Å². The molecule has 1 aromatic carbocycles. The number of rotatable bonds is 7. The zero-order chi connectivity index (χ0) is 25.9. The number of hydrogen-bond donors (Lipinski definition) is 5. The number of hydrogen-bond acceptors (Lipinski definition) is 6. The number of nitrogens with one attached hydrogen (secondary N) is 4. The van der Waals surface area contributed by atoms with Gasteiger partial charge in [-0.15, -0.1) is 0 Å². The molecule has 0 heterocycles. The Kier molecular flexibility index (Phi) is 10.6. The quantitative estimate of drug-likeness (QED) is 0.350. The molecular formula is C21H33N7O6. The van der Waals surface area contributed by atoms with Crippen LogP contribution < -0.4 is 27.3 Å². The second-order valence-corrected chi connectivity index (χ2v) is 8.48. The smallest absolute Gasteiger partial charge is 0.426 e. The summed E-state index contributed by atoms with van der Waals surface area (Å²) in [5, 5.41) is 3.15. The molecule has 0 saturated heterocycles. The number of hydrazine groups is 2. The van der Waals surface area contributed by atoms with Crippen LogP contribution in [0.3, 0.4) is 0 Å². The zero-order valence-electron chi connectivity index (χ0n) is 20.0. The number of nitrogens with two attached hydrogens (primary N) is 1. The van der Waals surface area contributed by atoms with Gasteiger partial charge in [-0.3, -0.25) is 9.59 Å². The van der Waals surface area contributed by atoms with Gasteiger partial charge in [0.1, 0.15) is 11.6 Å². The Morgan fingerprint density at radius 2 is 1.65 bits per heavy atom. The van der Waals surface area contributed by atoms with Crippen LogP contribution in [-0.2, 0) is 20.7 Å². The first-order chi connectivity index (χ1) is 15.8. The number of primary amides is 1. The van der Waals surface area contributed by atoms with Crippen molar-refractivity contribution < 1.29 is 28.7 Å². The van der Waals surface area contributed by atoms with Crippen molar-refractivity contribution in [1.82, 2.24) is 31.5 Å². The van der Waals surface area contributed by atoms with Crippen molar-refractivity contribution in [3.63, 3.8) is 0 Å². The third kappa shape index (κ3) is 11.0. The van der Waals surface area contributed by atoms with Gasteiger partial charge >= 0.3 is 18.2 Å². The van der Waals surface area contributed by atoms with Crippen LogP contribution in [0.25, 0.3) is 0 Å². The number of carbonyl (C=O) groups excluding carboxylic acids is 5. The van der Waals surface area contributed by atoms with Gasteiger partial charge in [0.15, 0.2) is 0 Å². The highest BCUT2D eigenvalue weighted by Crippen LogP contribution is 2.07. The molecule has 13 heteroatoms. The van der Waals surface area contributed by atoms with Crippen molar-refractivity contribution in [3.8, 4) is 0 Å². The molecule has 0 aromatic heterocycles. The summed E-state index contributed by atoms with van der Waals surface area (Å²) in [7, 11) is 3.09. The lowest BCUT2D eigenvalue weighted by Gasteiger charge is -2.26. The summed E-state index contributed by atoms with van der Waals surface area (Å²) in [5.74, 6) is -1.06. The minimum absolute atomic E-state index is 0.108. The third-order valence-corrected chi connectivity index (χ3v) is 4.13.